The fraction of sp³-hybridized carbons (Fsp3) is 0.0588. The molecule has 0 radical (unpaired) electrons. The van der Waals surface area contributed by atoms with Crippen LogP contribution in [0.5, 0.6) is 11.5 Å². The first kappa shape index (κ1) is 37.8. The molecule has 0 saturated carbocycles. The van der Waals surface area contributed by atoms with Gasteiger partial charge in [-0.3, -0.25) is 0 Å². The van der Waals surface area contributed by atoms with Crippen LogP contribution in [0.3, 0.4) is 0 Å². The standard InChI is InChI=1S/C51H38O6S2/c1-35-17-9-15-27-49(35)58(52,53)56-47-31-29-39(33-43(47)37-19-5-3-6-20-37)51(45-25-13-11-23-41(45)42-24-12-14-26-46(42)51)40-30-32-48(44(34-40)38-21-7-4-8-22-38)57-59(54,55)50-28-16-10-18-36(50)2/h3-34H,1-2H3. The van der Waals surface area contributed by atoms with E-state index in [-0.39, 0.29) is 21.3 Å². The highest BCUT2D eigenvalue weighted by Crippen LogP contribution is 2.57. The molecule has 290 valence electrons. The summed E-state index contributed by atoms with van der Waals surface area (Å²) >= 11 is 0. The molecule has 0 unspecified atom stereocenters. The van der Waals surface area contributed by atoms with Gasteiger partial charge in [-0.2, -0.15) is 16.8 Å². The monoisotopic (exact) mass is 810 g/mol. The maximum atomic E-state index is 13.9. The molecular weight excluding hydrogens is 773 g/mol. The number of hydrogen-bond donors (Lipinski definition) is 0. The number of rotatable bonds is 10. The van der Waals surface area contributed by atoms with E-state index in [1.165, 1.54) is 0 Å². The van der Waals surface area contributed by atoms with Gasteiger partial charge in [0.05, 0.1) is 5.41 Å². The highest BCUT2D eigenvalue weighted by atomic mass is 32.2. The summed E-state index contributed by atoms with van der Waals surface area (Å²) in [4.78, 5) is 0.191. The summed E-state index contributed by atoms with van der Waals surface area (Å²) in [6.45, 7) is 3.49. The Morgan fingerprint density at radius 3 is 1.14 bits per heavy atom. The van der Waals surface area contributed by atoms with Crippen LogP contribution in [0.4, 0.5) is 0 Å². The molecule has 0 spiro atoms. The predicted octanol–water partition coefficient (Wildman–Crippen LogP) is 11.5. The summed E-state index contributed by atoms with van der Waals surface area (Å²) in [5, 5.41) is 0. The topological polar surface area (TPSA) is 86.7 Å². The third kappa shape index (κ3) is 6.60. The van der Waals surface area contributed by atoms with Gasteiger partial charge in [-0.05, 0) is 106 Å². The molecule has 0 amide bonds. The summed E-state index contributed by atoms with van der Waals surface area (Å²) in [5.74, 6) is 0.376. The summed E-state index contributed by atoms with van der Waals surface area (Å²) in [6, 6.07) is 60.7. The SMILES string of the molecule is Cc1ccccc1S(=O)(=O)Oc1ccc(C2(c3ccc(OS(=O)(=O)c4ccccc4C)c(-c4ccccc4)c3)c3ccccc3-c3ccccc32)cc1-c1ccccc1. The van der Waals surface area contributed by atoms with Gasteiger partial charge in [-0.1, -0.05) is 158 Å². The molecule has 0 aliphatic heterocycles. The molecular formula is C51H38O6S2. The molecule has 1 aliphatic carbocycles. The van der Waals surface area contributed by atoms with E-state index in [9.17, 15) is 16.8 Å². The van der Waals surface area contributed by atoms with Crippen molar-refractivity contribution in [1.82, 2.24) is 0 Å². The zero-order valence-electron chi connectivity index (χ0n) is 32.2. The smallest absolute Gasteiger partial charge is 0.339 e. The molecule has 1 aliphatic rings. The van der Waals surface area contributed by atoms with Gasteiger partial charge in [0.15, 0.2) is 11.5 Å². The fourth-order valence-electron chi connectivity index (χ4n) is 8.38. The molecule has 0 saturated heterocycles. The first-order valence-electron chi connectivity index (χ1n) is 19.2. The summed E-state index contributed by atoms with van der Waals surface area (Å²) in [6.07, 6.45) is 0. The molecule has 59 heavy (non-hydrogen) atoms. The van der Waals surface area contributed by atoms with Crippen molar-refractivity contribution in [3.63, 3.8) is 0 Å². The van der Waals surface area contributed by atoms with Gasteiger partial charge in [0.1, 0.15) is 9.79 Å². The number of aryl methyl sites for hydroxylation is 2. The lowest BCUT2D eigenvalue weighted by atomic mass is 9.67. The minimum absolute atomic E-state index is 0.0957. The van der Waals surface area contributed by atoms with Crippen molar-refractivity contribution in [1.29, 1.82) is 0 Å². The van der Waals surface area contributed by atoms with Crippen LogP contribution >= 0.6 is 0 Å². The summed E-state index contributed by atoms with van der Waals surface area (Å²) < 4.78 is 67.6. The second kappa shape index (κ2) is 14.9. The molecule has 6 nitrogen and oxygen atoms in total. The van der Waals surface area contributed by atoms with E-state index < -0.39 is 25.7 Å². The van der Waals surface area contributed by atoms with Crippen LogP contribution in [0.2, 0.25) is 0 Å². The van der Waals surface area contributed by atoms with Crippen LogP contribution < -0.4 is 8.37 Å². The first-order chi connectivity index (χ1) is 28.6. The van der Waals surface area contributed by atoms with Crippen molar-refractivity contribution in [2.75, 3.05) is 0 Å². The van der Waals surface area contributed by atoms with E-state index in [1.807, 2.05) is 109 Å². The molecule has 0 aromatic heterocycles. The molecule has 8 aromatic carbocycles. The predicted molar refractivity (Wildman–Crippen MR) is 233 cm³/mol. The minimum Gasteiger partial charge on any atom is -0.378 e. The van der Waals surface area contributed by atoms with Crippen molar-refractivity contribution in [2.24, 2.45) is 0 Å². The molecule has 0 bridgehead atoms. The van der Waals surface area contributed by atoms with Gasteiger partial charge in [0.25, 0.3) is 0 Å². The van der Waals surface area contributed by atoms with Crippen molar-refractivity contribution < 1.29 is 25.2 Å². The van der Waals surface area contributed by atoms with E-state index in [0.29, 0.717) is 22.3 Å². The molecule has 9 rings (SSSR count). The Balaban J connectivity index is 1.30. The van der Waals surface area contributed by atoms with Gasteiger partial charge in [-0.25, -0.2) is 0 Å². The third-order valence-corrected chi connectivity index (χ3v) is 13.9. The van der Waals surface area contributed by atoms with Gasteiger partial charge in [0, 0.05) is 11.1 Å². The molecule has 8 heteroatoms. The lowest BCUT2D eigenvalue weighted by Crippen LogP contribution is -2.29. The lowest BCUT2D eigenvalue weighted by Gasteiger charge is -2.35. The van der Waals surface area contributed by atoms with Crippen LogP contribution in [-0.4, -0.2) is 16.8 Å². The zero-order chi connectivity index (χ0) is 40.8. The molecule has 8 aromatic rings. The van der Waals surface area contributed by atoms with Crippen LogP contribution in [0, 0.1) is 13.8 Å². The maximum absolute atomic E-state index is 13.9. The molecule has 0 fully saturated rings. The van der Waals surface area contributed by atoms with E-state index in [2.05, 4.69) is 24.3 Å². The number of benzene rings is 8. The van der Waals surface area contributed by atoms with E-state index in [1.54, 1.807) is 74.5 Å². The average Bonchev–Trinajstić information content (AvgIpc) is 3.55. The van der Waals surface area contributed by atoms with E-state index in [4.69, 9.17) is 8.37 Å². The normalized spacial score (nSPS) is 13.0. The van der Waals surface area contributed by atoms with Crippen molar-refractivity contribution in [2.45, 2.75) is 29.1 Å². The Morgan fingerprint density at radius 1 is 0.373 bits per heavy atom. The van der Waals surface area contributed by atoms with Crippen molar-refractivity contribution in [3.05, 3.63) is 228 Å². The van der Waals surface area contributed by atoms with E-state index >= 15 is 0 Å². The second-order valence-electron chi connectivity index (χ2n) is 14.6. The lowest BCUT2D eigenvalue weighted by molar-refractivity contribution is 0.484. The Hall–Kier alpha value is -6.74. The van der Waals surface area contributed by atoms with Gasteiger partial charge in [0.2, 0.25) is 0 Å². The Kier molecular flexibility index (Phi) is 9.54. The zero-order valence-corrected chi connectivity index (χ0v) is 33.9. The summed E-state index contributed by atoms with van der Waals surface area (Å²) in [5.41, 5.74) is 8.78. The Labute approximate surface area is 345 Å². The van der Waals surface area contributed by atoms with Crippen molar-refractivity contribution in [3.8, 4) is 44.9 Å². The molecule has 0 atom stereocenters. The third-order valence-electron chi connectivity index (χ3n) is 11.1. The quantitative estimate of drug-likeness (QED) is 0.128. The molecule has 0 heterocycles. The van der Waals surface area contributed by atoms with Crippen LogP contribution in [0.1, 0.15) is 33.4 Å². The van der Waals surface area contributed by atoms with Crippen LogP contribution in [-0.2, 0) is 25.7 Å². The Bertz CT molecular complexity index is 2890. The van der Waals surface area contributed by atoms with Gasteiger partial charge < -0.3 is 8.37 Å². The first-order valence-corrected chi connectivity index (χ1v) is 22.0. The highest BCUT2D eigenvalue weighted by molar-refractivity contribution is 7.87. The highest BCUT2D eigenvalue weighted by Gasteiger charge is 2.46. The summed E-state index contributed by atoms with van der Waals surface area (Å²) in [7, 11) is -8.43. The number of hydrogen-bond acceptors (Lipinski definition) is 6. The number of fused-ring (bicyclic) bond motifs is 3. The van der Waals surface area contributed by atoms with Gasteiger partial charge in [-0.15, -0.1) is 0 Å². The molecule has 0 N–H and O–H groups in total. The Morgan fingerprint density at radius 2 is 0.729 bits per heavy atom. The van der Waals surface area contributed by atoms with Crippen LogP contribution in [0.15, 0.2) is 204 Å². The maximum Gasteiger partial charge on any atom is 0.339 e. The largest absolute Gasteiger partial charge is 0.378 e. The average molecular weight is 811 g/mol. The second-order valence-corrected chi connectivity index (χ2v) is 17.6. The van der Waals surface area contributed by atoms with Gasteiger partial charge >= 0.3 is 20.2 Å². The fourth-order valence-corrected chi connectivity index (χ4v) is 10.7. The van der Waals surface area contributed by atoms with Crippen molar-refractivity contribution >= 4 is 20.2 Å². The van der Waals surface area contributed by atoms with Crippen LogP contribution in [0.25, 0.3) is 33.4 Å². The van der Waals surface area contributed by atoms with E-state index in [0.717, 1.165) is 44.5 Å². The minimum atomic E-state index is -4.21.